The number of carbonyl (C=O) groups excluding carboxylic acids is 1. The van der Waals surface area contributed by atoms with Gasteiger partial charge in [-0.2, -0.15) is 18.3 Å². The molecule has 0 aliphatic carbocycles. The largest absolute Gasteiger partial charge is 0.410 e. The predicted molar refractivity (Wildman–Crippen MR) is 107 cm³/mol. The number of halogens is 4. The zero-order chi connectivity index (χ0) is 20.6. The molecule has 0 radical (unpaired) electrons. The van der Waals surface area contributed by atoms with E-state index >= 15 is 0 Å². The number of benzene rings is 1. The van der Waals surface area contributed by atoms with E-state index in [0.717, 1.165) is 40.4 Å². The second-order valence-corrected chi connectivity index (χ2v) is 8.52. The molecule has 0 saturated carbocycles. The highest BCUT2D eigenvalue weighted by molar-refractivity contribution is 9.10. The van der Waals surface area contributed by atoms with Crippen molar-refractivity contribution in [3.05, 3.63) is 46.1 Å². The SMILES string of the molecule is O=C(c1cc2n(n1)[C@H](C(F)(F)F)C[C@H](c1ccc(Br)cc1)N2)N1CCCCCC1. The zero-order valence-corrected chi connectivity index (χ0v) is 17.3. The summed E-state index contributed by atoms with van der Waals surface area (Å²) >= 11 is 3.34. The number of nitrogens with zero attached hydrogens (tertiary/aromatic N) is 3. The Morgan fingerprint density at radius 1 is 1.10 bits per heavy atom. The van der Waals surface area contributed by atoms with Gasteiger partial charge in [0.05, 0.1) is 6.04 Å². The second kappa shape index (κ2) is 8.01. The summed E-state index contributed by atoms with van der Waals surface area (Å²) < 4.78 is 43.2. The Hall–Kier alpha value is -2.03. The van der Waals surface area contributed by atoms with Crippen LogP contribution in [0.4, 0.5) is 19.0 Å². The molecule has 1 saturated heterocycles. The third-order valence-electron chi connectivity index (χ3n) is 5.57. The highest BCUT2D eigenvalue weighted by atomic mass is 79.9. The number of amides is 1. The van der Waals surface area contributed by atoms with Gasteiger partial charge in [0, 0.05) is 30.0 Å². The molecule has 1 amide bonds. The summed E-state index contributed by atoms with van der Waals surface area (Å²) in [6, 6.07) is 6.36. The number of rotatable bonds is 2. The molecule has 2 atom stereocenters. The molecule has 1 aromatic heterocycles. The number of hydrogen-bond donors (Lipinski definition) is 1. The van der Waals surface area contributed by atoms with Gasteiger partial charge in [-0.05, 0) is 30.5 Å². The number of nitrogens with one attached hydrogen (secondary N) is 1. The Morgan fingerprint density at radius 3 is 2.38 bits per heavy atom. The Labute approximate surface area is 175 Å². The van der Waals surface area contributed by atoms with Crippen LogP contribution in [0.25, 0.3) is 0 Å². The first kappa shape index (κ1) is 20.3. The van der Waals surface area contributed by atoms with Gasteiger partial charge in [0.2, 0.25) is 0 Å². The van der Waals surface area contributed by atoms with E-state index in [1.54, 1.807) is 29.2 Å². The maximum absolute atomic E-state index is 13.8. The predicted octanol–water partition coefficient (Wildman–Crippen LogP) is 5.32. The number of carbonyl (C=O) groups is 1. The lowest BCUT2D eigenvalue weighted by Crippen LogP contribution is -2.36. The molecule has 3 heterocycles. The lowest BCUT2D eigenvalue weighted by atomic mass is 9.97. The third-order valence-corrected chi connectivity index (χ3v) is 6.10. The monoisotopic (exact) mass is 470 g/mol. The molecule has 5 nitrogen and oxygen atoms in total. The van der Waals surface area contributed by atoms with Gasteiger partial charge in [-0.15, -0.1) is 0 Å². The second-order valence-electron chi connectivity index (χ2n) is 7.61. The van der Waals surface area contributed by atoms with Crippen LogP contribution in [0.2, 0.25) is 0 Å². The van der Waals surface area contributed by atoms with Gasteiger partial charge in [-0.3, -0.25) is 4.79 Å². The van der Waals surface area contributed by atoms with Crippen LogP contribution in [0, 0.1) is 0 Å². The molecule has 0 spiro atoms. The van der Waals surface area contributed by atoms with Crippen LogP contribution >= 0.6 is 15.9 Å². The van der Waals surface area contributed by atoms with Crippen LogP contribution in [-0.2, 0) is 0 Å². The molecule has 1 aromatic carbocycles. The highest BCUT2D eigenvalue weighted by Gasteiger charge is 2.47. The van der Waals surface area contributed by atoms with Crippen LogP contribution in [0.3, 0.4) is 0 Å². The van der Waals surface area contributed by atoms with E-state index in [1.807, 2.05) is 0 Å². The number of anilines is 1. The number of alkyl halides is 3. The van der Waals surface area contributed by atoms with Gasteiger partial charge >= 0.3 is 6.18 Å². The lowest BCUT2D eigenvalue weighted by molar-refractivity contribution is -0.173. The summed E-state index contributed by atoms with van der Waals surface area (Å²) in [6.07, 6.45) is -0.689. The van der Waals surface area contributed by atoms with E-state index in [4.69, 9.17) is 0 Å². The van der Waals surface area contributed by atoms with Crippen molar-refractivity contribution in [3.63, 3.8) is 0 Å². The number of hydrogen-bond acceptors (Lipinski definition) is 3. The molecule has 2 aromatic rings. The molecule has 0 unspecified atom stereocenters. The minimum Gasteiger partial charge on any atom is -0.363 e. The fourth-order valence-corrected chi connectivity index (χ4v) is 4.29. The summed E-state index contributed by atoms with van der Waals surface area (Å²) in [5.41, 5.74) is 0.829. The first-order valence-corrected chi connectivity index (χ1v) is 10.6. The summed E-state index contributed by atoms with van der Waals surface area (Å²) in [4.78, 5) is 14.6. The molecule has 2 aliphatic rings. The van der Waals surface area contributed by atoms with Crippen molar-refractivity contribution >= 4 is 27.7 Å². The van der Waals surface area contributed by atoms with Crippen molar-refractivity contribution < 1.29 is 18.0 Å². The third kappa shape index (κ3) is 4.29. The average molecular weight is 471 g/mol. The highest BCUT2D eigenvalue weighted by Crippen LogP contribution is 2.43. The Balaban J connectivity index is 1.64. The molecule has 4 rings (SSSR count). The molecule has 1 N–H and O–H groups in total. The number of likely N-dealkylation sites (tertiary alicyclic amines) is 1. The lowest BCUT2D eigenvalue weighted by Gasteiger charge is -2.33. The first-order chi connectivity index (χ1) is 13.8. The van der Waals surface area contributed by atoms with Crippen molar-refractivity contribution in [3.8, 4) is 0 Å². The van der Waals surface area contributed by atoms with Crippen LogP contribution in [0.15, 0.2) is 34.8 Å². The van der Waals surface area contributed by atoms with Crippen molar-refractivity contribution in [2.45, 2.75) is 50.4 Å². The van der Waals surface area contributed by atoms with Gasteiger partial charge in [0.25, 0.3) is 5.91 Å². The minimum atomic E-state index is -4.46. The van der Waals surface area contributed by atoms with Gasteiger partial charge in [0.1, 0.15) is 5.82 Å². The number of aromatic nitrogens is 2. The van der Waals surface area contributed by atoms with E-state index in [-0.39, 0.29) is 23.8 Å². The molecule has 2 aliphatic heterocycles. The molecular weight excluding hydrogens is 449 g/mol. The zero-order valence-electron chi connectivity index (χ0n) is 15.8. The van der Waals surface area contributed by atoms with Crippen LogP contribution < -0.4 is 5.32 Å². The quantitative estimate of drug-likeness (QED) is 0.645. The summed E-state index contributed by atoms with van der Waals surface area (Å²) in [6.45, 7) is 1.25. The maximum atomic E-state index is 13.8. The average Bonchev–Trinajstić information content (AvgIpc) is 2.92. The van der Waals surface area contributed by atoms with Gasteiger partial charge < -0.3 is 10.2 Å². The molecule has 156 valence electrons. The van der Waals surface area contributed by atoms with E-state index in [9.17, 15) is 18.0 Å². The fraction of sp³-hybridized carbons (Fsp3) is 0.500. The van der Waals surface area contributed by atoms with Crippen molar-refractivity contribution in [2.75, 3.05) is 18.4 Å². The van der Waals surface area contributed by atoms with E-state index in [0.29, 0.717) is 13.1 Å². The Kier molecular flexibility index (Phi) is 5.59. The van der Waals surface area contributed by atoms with Gasteiger partial charge in [-0.25, -0.2) is 4.68 Å². The molecule has 0 bridgehead atoms. The molecule has 9 heteroatoms. The molecular formula is C20H22BrF3N4O. The van der Waals surface area contributed by atoms with Crippen molar-refractivity contribution in [1.82, 2.24) is 14.7 Å². The van der Waals surface area contributed by atoms with E-state index < -0.39 is 18.3 Å². The standard InChI is InChI=1S/C20H22BrF3N4O/c21-14-7-5-13(6-8-14)15-11-17(20(22,23)24)28-18(25-15)12-16(26-28)19(29)27-9-3-1-2-4-10-27/h5-8,12,15,17,25H,1-4,9-11H2/t15-,17+/m1/s1. The van der Waals surface area contributed by atoms with E-state index in [2.05, 4.69) is 26.3 Å². The van der Waals surface area contributed by atoms with Crippen molar-refractivity contribution in [2.24, 2.45) is 0 Å². The van der Waals surface area contributed by atoms with E-state index in [1.165, 1.54) is 6.07 Å². The Bertz CT molecular complexity index is 873. The smallest absolute Gasteiger partial charge is 0.363 e. The molecule has 29 heavy (non-hydrogen) atoms. The maximum Gasteiger partial charge on any atom is 0.410 e. The summed E-state index contributed by atoms with van der Waals surface area (Å²) in [5, 5.41) is 7.22. The topological polar surface area (TPSA) is 50.2 Å². The fourth-order valence-electron chi connectivity index (χ4n) is 4.03. The summed E-state index contributed by atoms with van der Waals surface area (Å²) in [5.74, 6) is -0.0682. The van der Waals surface area contributed by atoms with Crippen molar-refractivity contribution in [1.29, 1.82) is 0 Å². The minimum absolute atomic E-state index is 0.0695. The van der Waals surface area contributed by atoms with Crippen LogP contribution in [0.5, 0.6) is 0 Å². The van der Waals surface area contributed by atoms with Crippen LogP contribution in [-0.4, -0.2) is 39.9 Å². The Morgan fingerprint density at radius 2 is 1.76 bits per heavy atom. The van der Waals surface area contributed by atoms with Crippen LogP contribution in [0.1, 0.15) is 60.2 Å². The first-order valence-electron chi connectivity index (χ1n) is 9.80. The summed E-state index contributed by atoms with van der Waals surface area (Å²) in [7, 11) is 0. The normalized spacial score (nSPS) is 22.6. The van der Waals surface area contributed by atoms with Gasteiger partial charge in [0.15, 0.2) is 11.7 Å². The van der Waals surface area contributed by atoms with Gasteiger partial charge in [-0.1, -0.05) is 40.9 Å². The molecule has 1 fully saturated rings. The number of fused-ring (bicyclic) bond motifs is 1.